The van der Waals surface area contributed by atoms with Crippen LogP contribution in [0.1, 0.15) is 55.5 Å². The van der Waals surface area contributed by atoms with Crippen molar-refractivity contribution in [3.05, 3.63) is 24.2 Å². The van der Waals surface area contributed by atoms with Crippen LogP contribution in [0.15, 0.2) is 22.8 Å². The van der Waals surface area contributed by atoms with E-state index in [1.807, 2.05) is 0 Å². The molecule has 1 amide bonds. The number of amides is 1. The molecule has 0 radical (unpaired) electrons. The Balaban J connectivity index is 1.69. The van der Waals surface area contributed by atoms with Crippen molar-refractivity contribution in [2.75, 3.05) is 0 Å². The molecule has 0 spiro atoms. The molecule has 1 aromatic rings. The van der Waals surface area contributed by atoms with Crippen LogP contribution in [0.5, 0.6) is 0 Å². The summed E-state index contributed by atoms with van der Waals surface area (Å²) < 4.78 is 5.00. The molecule has 2 rings (SSSR count). The number of ketones is 1. The van der Waals surface area contributed by atoms with E-state index in [1.54, 1.807) is 12.1 Å². The van der Waals surface area contributed by atoms with E-state index >= 15 is 0 Å². The van der Waals surface area contributed by atoms with Crippen LogP contribution in [0.4, 0.5) is 0 Å². The fraction of sp³-hybridized carbons (Fsp3) is 0.571. The second-order valence-corrected chi connectivity index (χ2v) is 4.80. The summed E-state index contributed by atoms with van der Waals surface area (Å²) in [5.74, 6) is 0.195. The number of rotatable bonds is 5. The van der Waals surface area contributed by atoms with Gasteiger partial charge < -0.3 is 9.73 Å². The molecule has 0 aromatic carbocycles. The van der Waals surface area contributed by atoms with Gasteiger partial charge >= 0.3 is 0 Å². The molecule has 0 saturated heterocycles. The smallest absolute Gasteiger partial charge is 0.220 e. The molecule has 18 heavy (non-hydrogen) atoms. The fourth-order valence-electron chi connectivity index (χ4n) is 2.33. The van der Waals surface area contributed by atoms with Gasteiger partial charge in [0.2, 0.25) is 5.91 Å². The summed E-state index contributed by atoms with van der Waals surface area (Å²) in [5, 5.41) is 3.00. The van der Waals surface area contributed by atoms with Crippen molar-refractivity contribution in [2.24, 2.45) is 0 Å². The Morgan fingerprint density at radius 3 is 2.67 bits per heavy atom. The van der Waals surface area contributed by atoms with E-state index in [1.165, 1.54) is 25.5 Å². The highest BCUT2D eigenvalue weighted by atomic mass is 16.3. The molecule has 1 fully saturated rings. The lowest BCUT2D eigenvalue weighted by Gasteiger charge is -2.22. The first-order chi connectivity index (χ1) is 8.75. The van der Waals surface area contributed by atoms with Crippen LogP contribution in [0.25, 0.3) is 0 Å². The number of carbonyl (C=O) groups is 2. The summed E-state index contributed by atoms with van der Waals surface area (Å²) in [6.45, 7) is 0. The molecule has 1 aromatic heterocycles. The molecule has 0 aliphatic heterocycles. The Hall–Kier alpha value is -1.58. The van der Waals surface area contributed by atoms with Crippen LogP contribution in [0.3, 0.4) is 0 Å². The highest BCUT2D eigenvalue weighted by Crippen LogP contribution is 2.17. The lowest BCUT2D eigenvalue weighted by molar-refractivity contribution is -0.121. The van der Waals surface area contributed by atoms with Crippen molar-refractivity contribution in [3.8, 4) is 0 Å². The lowest BCUT2D eigenvalue weighted by Crippen LogP contribution is -2.36. The topological polar surface area (TPSA) is 59.3 Å². The summed E-state index contributed by atoms with van der Waals surface area (Å²) in [4.78, 5) is 23.3. The molecule has 98 valence electrons. The average Bonchev–Trinajstić information content (AvgIpc) is 2.91. The second-order valence-electron chi connectivity index (χ2n) is 4.80. The third-order valence-electron chi connectivity index (χ3n) is 3.35. The molecule has 0 atom stereocenters. The van der Waals surface area contributed by atoms with Crippen molar-refractivity contribution in [1.29, 1.82) is 0 Å². The molecule has 4 nitrogen and oxygen atoms in total. The van der Waals surface area contributed by atoms with Gasteiger partial charge in [0.25, 0.3) is 0 Å². The second kappa shape index (κ2) is 6.38. The first kappa shape index (κ1) is 12.9. The van der Waals surface area contributed by atoms with Crippen molar-refractivity contribution < 1.29 is 14.0 Å². The largest absolute Gasteiger partial charge is 0.461 e. The van der Waals surface area contributed by atoms with Gasteiger partial charge in [0, 0.05) is 18.9 Å². The minimum absolute atomic E-state index is 0.0261. The number of hydrogen-bond acceptors (Lipinski definition) is 3. The van der Waals surface area contributed by atoms with E-state index in [0.717, 1.165) is 12.8 Å². The quantitative estimate of drug-likeness (QED) is 0.816. The van der Waals surface area contributed by atoms with E-state index in [-0.39, 0.29) is 24.5 Å². The standard InChI is InChI=1S/C14H19NO3/c16-12(13-7-4-10-18-13)8-9-14(17)15-11-5-2-1-3-6-11/h4,7,10-11H,1-3,5-6,8-9H2,(H,15,17). The van der Waals surface area contributed by atoms with E-state index in [2.05, 4.69) is 5.32 Å². The maximum atomic E-state index is 11.7. The first-order valence-corrected chi connectivity index (χ1v) is 6.62. The Labute approximate surface area is 107 Å². The van der Waals surface area contributed by atoms with E-state index in [0.29, 0.717) is 11.8 Å². The molecular weight excluding hydrogens is 230 g/mol. The minimum Gasteiger partial charge on any atom is -0.461 e. The predicted molar refractivity (Wildman–Crippen MR) is 67.3 cm³/mol. The van der Waals surface area contributed by atoms with Gasteiger partial charge in [-0.1, -0.05) is 19.3 Å². The van der Waals surface area contributed by atoms with E-state index in [4.69, 9.17) is 4.42 Å². The van der Waals surface area contributed by atoms with Crippen LogP contribution in [-0.2, 0) is 4.79 Å². The highest BCUT2D eigenvalue weighted by molar-refractivity contribution is 5.95. The van der Waals surface area contributed by atoms with Crippen LogP contribution in [-0.4, -0.2) is 17.7 Å². The maximum Gasteiger partial charge on any atom is 0.220 e. The van der Waals surface area contributed by atoms with Gasteiger partial charge in [-0.15, -0.1) is 0 Å². The normalized spacial score (nSPS) is 16.4. The Morgan fingerprint density at radius 1 is 1.22 bits per heavy atom. The van der Waals surface area contributed by atoms with Gasteiger partial charge in [-0.05, 0) is 25.0 Å². The Morgan fingerprint density at radius 2 is 2.00 bits per heavy atom. The van der Waals surface area contributed by atoms with Crippen LogP contribution in [0, 0.1) is 0 Å². The molecule has 0 bridgehead atoms. The monoisotopic (exact) mass is 249 g/mol. The Kier molecular flexibility index (Phi) is 4.56. The summed E-state index contributed by atoms with van der Waals surface area (Å²) in [7, 11) is 0. The van der Waals surface area contributed by atoms with Crippen molar-refractivity contribution in [1.82, 2.24) is 5.32 Å². The molecule has 1 aliphatic rings. The molecule has 1 heterocycles. The zero-order valence-corrected chi connectivity index (χ0v) is 10.5. The molecular formula is C14H19NO3. The van der Waals surface area contributed by atoms with Crippen molar-refractivity contribution in [2.45, 2.75) is 51.0 Å². The highest BCUT2D eigenvalue weighted by Gasteiger charge is 2.17. The number of nitrogens with one attached hydrogen (secondary N) is 1. The van der Waals surface area contributed by atoms with Gasteiger partial charge in [-0.25, -0.2) is 0 Å². The van der Waals surface area contributed by atoms with E-state index < -0.39 is 0 Å². The third-order valence-corrected chi connectivity index (χ3v) is 3.35. The zero-order chi connectivity index (χ0) is 12.8. The summed E-state index contributed by atoms with van der Waals surface area (Å²) in [6, 6.07) is 3.61. The maximum absolute atomic E-state index is 11.7. The van der Waals surface area contributed by atoms with Crippen LogP contribution in [0.2, 0.25) is 0 Å². The van der Waals surface area contributed by atoms with E-state index in [9.17, 15) is 9.59 Å². The number of furan rings is 1. The van der Waals surface area contributed by atoms with Gasteiger partial charge in [-0.3, -0.25) is 9.59 Å². The number of hydrogen-bond donors (Lipinski definition) is 1. The van der Waals surface area contributed by atoms with Gasteiger partial charge in [-0.2, -0.15) is 0 Å². The van der Waals surface area contributed by atoms with Crippen molar-refractivity contribution in [3.63, 3.8) is 0 Å². The number of carbonyl (C=O) groups excluding carboxylic acids is 2. The summed E-state index contributed by atoms with van der Waals surface area (Å²) in [6.07, 6.45) is 7.71. The minimum atomic E-state index is -0.112. The predicted octanol–water partition coefficient (Wildman–Crippen LogP) is 2.69. The SMILES string of the molecule is O=C(CCC(=O)c1ccco1)NC1CCCCC1. The van der Waals surface area contributed by atoms with Crippen LogP contribution >= 0.6 is 0 Å². The average molecular weight is 249 g/mol. The van der Waals surface area contributed by atoms with Crippen LogP contribution < -0.4 is 5.32 Å². The number of Topliss-reactive ketones (excluding diaryl/α,β-unsaturated/α-hetero) is 1. The van der Waals surface area contributed by atoms with Crippen molar-refractivity contribution >= 4 is 11.7 Å². The zero-order valence-electron chi connectivity index (χ0n) is 10.5. The Bertz CT molecular complexity index is 391. The first-order valence-electron chi connectivity index (χ1n) is 6.62. The molecule has 0 unspecified atom stereocenters. The summed E-state index contributed by atoms with van der Waals surface area (Å²) >= 11 is 0. The fourth-order valence-corrected chi connectivity index (χ4v) is 2.33. The summed E-state index contributed by atoms with van der Waals surface area (Å²) in [5.41, 5.74) is 0. The third kappa shape index (κ3) is 3.72. The lowest BCUT2D eigenvalue weighted by atomic mass is 9.95. The van der Waals surface area contributed by atoms with Gasteiger partial charge in [0.05, 0.1) is 6.26 Å². The van der Waals surface area contributed by atoms with Gasteiger partial charge in [0.1, 0.15) is 0 Å². The molecule has 1 saturated carbocycles. The molecule has 4 heteroatoms. The molecule has 1 aliphatic carbocycles. The van der Waals surface area contributed by atoms with Gasteiger partial charge in [0.15, 0.2) is 11.5 Å². The molecule has 1 N–H and O–H groups in total.